The van der Waals surface area contributed by atoms with E-state index in [0.29, 0.717) is 17.3 Å². The summed E-state index contributed by atoms with van der Waals surface area (Å²) in [5.74, 6) is 0.835. The van der Waals surface area contributed by atoms with Gasteiger partial charge in [0.2, 0.25) is 11.8 Å². The van der Waals surface area contributed by atoms with E-state index in [1.807, 2.05) is 54.6 Å². The van der Waals surface area contributed by atoms with Gasteiger partial charge in [-0.05, 0) is 17.2 Å². The molecule has 0 aliphatic heterocycles. The van der Waals surface area contributed by atoms with Crippen LogP contribution in [0.5, 0.6) is 0 Å². The lowest BCUT2D eigenvalue weighted by Gasteiger charge is -2.17. The van der Waals surface area contributed by atoms with Crippen LogP contribution in [0.1, 0.15) is 22.1 Å². The Bertz CT molecular complexity index is 812. The number of nitrogens with zero attached hydrogens (tertiary/aromatic N) is 3. The maximum absolute atomic E-state index is 12.8. The van der Waals surface area contributed by atoms with E-state index in [1.165, 1.54) is 0 Å². The number of benzene rings is 2. The predicted octanol–water partition coefficient (Wildman–Crippen LogP) is 3.32. The third kappa shape index (κ3) is 3.29. The molecular formula is C18H17N3O2. The van der Waals surface area contributed by atoms with E-state index in [9.17, 15) is 4.79 Å². The van der Waals surface area contributed by atoms with Crippen molar-refractivity contribution in [1.82, 2.24) is 15.1 Å². The van der Waals surface area contributed by atoms with Crippen molar-refractivity contribution in [2.24, 2.45) is 0 Å². The molecule has 0 aliphatic carbocycles. The summed E-state index contributed by atoms with van der Waals surface area (Å²) in [6.07, 6.45) is 0. The van der Waals surface area contributed by atoms with Crippen molar-refractivity contribution in [3.63, 3.8) is 0 Å². The van der Waals surface area contributed by atoms with Crippen molar-refractivity contribution in [3.05, 3.63) is 71.9 Å². The molecule has 0 unspecified atom stereocenters. The summed E-state index contributed by atoms with van der Waals surface area (Å²) in [7, 11) is 1.73. The lowest BCUT2D eigenvalue weighted by molar-refractivity contribution is 0.0773. The minimum Gasteiger partial charge on any atom is -0.424 e. The molecule has 0 saturated heterocycles. The first-order chi connectivity index (χ1) is 11.1. The van der Waals surface area contributed by atoms with Gasteiger partial charge >= 0.3 is 0 Å². The Morgan fingerprint density at radius 1 is 1.04 bits per heavy atom. The van der Waals surface area contributed by atoms with E-state index in [4.69, 9.17) is 4.42 Å². The monoisotopic (exact) mass is 307 g/mol. The van der Waals surface area contributed by atoms with E-state index < -0.39 is 0 Å². The summed E-state index contributed by atoms with van der Waals surface area (Å²) in [6, 6.07) is 17.4. The zero-order valence-corrected chi connectivity index (χ0v) is 13.1. The van der Waals surface area contributed by atoms with Gasteiger partial charge in [0, 0.05) is 19.5 Å². The molecule has 116 valence electrons. The van der Waals surface area contributed by atoms with Gasteiger partial charge in [-0.25, -0.2) is 0 Å². The summed E-state index contributed by atoms with van der Waals surface area (Å²) in [6.45, 7) is 2.01. The number of carbonyl (C=O) groups excluding carboxylic acids is 1. The molecule has 5 nitrogen and oxygen atoms in total. The molecule has 3 aromatic rings. The molecule has 5 heteroatoms. The van der Waals surface area contributed by atoms with Gasteiger partial charge in [-0.1, -0.05) is 48.5 Å². The highest BCUT2D eigenvalue weighted by Crippen LogP contribution is 2.24. The van der Waals surface area contributed by atoms with Crippen LogP contribution < -0.4 is 0 Å². The SMILES string of the molecule is Cc1nnc(CN(C)C(=O)c2ccccc2-c2ccccc2)o1. The Labute approximate surface area is 134 Å². The van der Waals surface area contributed by atoms with Gasteiger partial charge in [0.25, 0.3) is 5.91 Å². The fourth-order valence-electron chi connectivity index (χ4n) is 2.42. The van der Waals surface area contributed by atoms with E-state index >= 15 is 0 Å². The van der Waals surface area contributed by atoms with Gasteiger partial charge < -0.3 is 9.32 Å². The maximum Gasteiger partial charge on any atom is 0.254 e. The highest BCUT2D eigenvalue weighted by atomic mass is 16.4. The number of aromatic nitrogens is 2. The Hall–Kier alpha value is -2.95. The van der Waals surface area contributed by atoms with Crippen molar-refractivity contribution in [3.8, 4) is 11.1 Å². The van der Waals surface area contributed by atoms with Crippen LogP contribution >= 0.6 is 0 Å². The molecule has 0 saturated carbocycles. The molecule has 0 atom stereocenters. The van der Waals surface area contributed by atoms with Crippen molar-refractivity contribution in [2.75, 3.05) is 7.05 Å². The van der Waals surface area contributed by atoms with Crippen LogP contribution in [0.3, 0.4) is 0 Å². The second-order valence-electron chi connectivity index (χ2n) is 5.29. The molecule has 1 aromatic heterocycles. The average Bonchev–Trinajstić information content (AvgIpc) is 3.00. The van der Waals surface area contributed by atoms with Crippen LogP contribution in [0.2, 0.25) is 0 Å². The number of rotatable bonds is 4. The molecule has 1 amide bonds. The van der Waals surface area contributed by atoms with Crippen molar-refractivity contribution in [2.45, 2.75) is 13.5 Å². The van der Waals surface area contributed by atoms with Crippen molar-refractivity contribution >= 4 is 5.91 Å². The van der Waals surface area contributed by atoms with Crippen LogP contribution in [0, 0.1) is 6.92 Å². The average molecular weight is 307 g/mol. The number of carbonyl (C=O) groups is 1. The first kappa shape index (κ1) is 15.0. The highest BCUT2D eigenvalue weighted by Gasteiger charge is 2.18. The van der Waals surface area contributed by atoms with Gasteiger partial charge in [-0.15, -0.1) is 10.2 Å². The topological polar surface area (TPSA) is 59.2 Å². The normalized spacial score (nSPS) is 10.5. The Balaban J connectivity index is 1.88. The molecule has 0 spiro atoms. The van der Waals surface area contributed by atoms with Crippen LogP contribution in [0.15, 0.2) is 59.0 Å². The largest absolute Gasteiger partial charge is 0.424 e. The Morgan fingerprint density at radius 2 is 1.74 bits per heavy atom. The van der Waals surface area contributed by atoms with Crippen LogP contribution in [-0.4, -0.2) is 28.1 Å². The van der Waals surface area contributed by atoms with Gasteiger partial charge in [0.15, 0.2) is 0 Å². The van der Waals surface area contributed by atoms with Crippen LogP contribution in [0.4, 0.5) is 0 Å². The van der Waals surface area contributed by atoms with Crippen molar-refractivity contribution in [1.29, 1.82) is 0 Å². The van der Waals surface area contributed by atoms with E-state index in [1.54, 1.807) is 18.9 Å². The number of hydrogen-bond donors (Lipinski definition) is 0. The second-order valence-corrected chi connectivity index (χ2v) is 5.29. The third-order valence-corrected chi connectivity index (χ3v) is 3.53. The molecular weight excluding hydrogens is 290 g/mol. The fraction of sp³-hybridized carbons (Fsp3) is 0.167. The molecule has 0 fully saturated rings. The molecule has 2 aromatic carbocycles. The summed E-state index contributed by atoms with van der Waals surface area (Å²) in [4.78, 5) is 14.4. The minimum atomic E-state index is -0.0830. The molecule has 0 N–H and O–H groups in total. The van der Waals surface area contributed by atoms with Gasteiger partial charge in [-0.2, -0.15) is 0 Å². The summed E-state index contributed by atoms with van der Waals surface area (Å²) < 4.78 is 5.34. The van der Waals surface area contributed by atoms with Gasteiger partial charge in [0.05, 0.1) is 6.54 Å². The molecule has 0 radical (unpaired) electrons. The zero-order valence-electron chi connectivity index (χ0n) is 13.1. The highest BCUT2D eigenvalue weighted by molar-refractivity contribution is 6.00. The molecule has 3 rings (SSSR count). The Kier molecular flexibility index (Phi) is 4.19. The molecule has 0 bridgehead atoms. The quantitative estimate of drug-likeness (QED) is 0.742. The predicted molar refractivity (Wildman–Crippen MR) is 86.7 cm³/mol. The first-order valence-corrected chi connectivity index (χ1v) is 7.34. The second kappa shape index (κ2) is 6.44. The molecule has 0 aliphatic rings. The summed E-state index contributed by atoms with van der Waals surface area (Å²) >= 11 is 0. The van der Waals surface area contributed by atoms with E-state index in [2.05, 4.69) is 10.2 Å². The summed E-state index contributed by atoms with van der Waals surface area (Å²) in [5.41, 5.74) is 2.57. The zero-order chi connectivity index (χ0) is 16.2. The Morgan fingerprint density at radius 3 is 2.43 bits per heavy atom. The van der Waals surface area contributed by atoms with E-state index in [-0.39, 0.29) is 12.5 Å². The summed E-state index contributed by atoms with van der Waals surface area (Å²) in [5, 5.41) is 7.71. The minimum absolute atomic E-state index is 0.0830. The lowest BCUT2D eigenvalue weighted by atomic mass is 9.99. The lowest BCUT2D eigenvalue weighted by Crippen LogP contribution is -2.26. The number of amides is 1. The smallest absolute Gasteiger partial charge is 0.254 e. The number of aryl methyl sites for hydroxylation is 1. The third-order valence-electron chi connectivity index (χ3n) is 3.53. The molecule has 23 heavy (non-hydrogen) atoms. The first-order valence-electron chi connectivity index (χ1n) is 7.34. The van der Waals surface area contributed by atoms with Crippen LogP contribution in [-0.2, 0) is 6.54 Å². The van der Waals surface area contributed by atoms with Gasteiger partial charge in [0.1, 0.15) is 0 Å². The van der Waals surface area contributed by atoms with Crippen LogP contribution in [0.25, 0.3) is 11.1 Å². The maximum atomic E-state index is 12.8. The van der Waals surface area contributed by atoms with Crippen molar-refractivity contribution < 1.29 is 9.21 Å². The fourth-order valence-corrected chi connectivity index (χ4v) is 2.42. The molecule has 1 heterocycles. The standard InChI is InChI=1S/C18H17N3O2/c1-13-19-20-17(23-13)12-21(2)18(22)16-11-7-6-10-15(16)14-8-4-3-5-9-14/h3-11H,12H2,1-2H3. The number of hydrogen-bond acceptors (Lipinski definition) is 4. The van der Waals surface area contributed by atoms with Gasteiger partial charge in [-0.3, -0.25) is 4.79 Å². The van der Waals surface area contributed by atoms with E-state index in [0.717, 1.165) is 11.1 Å².